The summed E-state index contributed by atoms with van der Waals surface area (Å²) in [7, 11) is 0. The normalized spacial score (nSPS) is 24.5. The van der Waals surface area contributed by atoms with Crippen LogP contribution >= 0.6 is 0 Å². The first kappa shape index (κ1) is 25.4. The molecule has 3 aromatic rings. The lowest BCUT2D eigenvalue weighted by atomic mass is 9.77. The molecule has 1 aliphatic heterocycles. The number of hydrogen-bond acceptors (Lipinski definition) is 5. The number of hydrogen-bond donors (Lipinski definition) is 2. The molecule has 0 spiro atoms. The first-order valence-electron chi connectivity index (χ1n) is 13.7. The van der Waals surface area contributed by atoms with E-state index in [2.05, 4.69) is 36.5 Å². The van der Waals surface area contributed by atoms with Crippen LogP contribution in [-0.2, 0) is 17.8 Å². The van der Waals surface area contributed by atoms with Crippen molar-refractivity contribution in [2.45, 2.75) is 78.8 Å². The van der Waals surface area contributed by atoms with E-state index < -0.39 is 0 Å². The summed E-state index contributed by atoms with van der Waals surface area (Å²) in [5.74, 6) is 0.918. The maximum absolute atomic E-state index is 13.3. The lowest BCUT2D eigenvalue weighted by Gasteiger charge is -2.34. The molecule has 9 heteroatoms. The van der Waals surface area contributed by atoms with Gasteiger partial charge >= 0.3 is 0 Å². The summed E-state index contributed by atoms with van der Waals surface area (Å²) < 4.78 is 3.52. The number of nitrogens with one attached hydrogen (secondary N) is 2. The fourth-order valence-electron chi connectivity index (χ4n) is 5.96. The highest BCUT2D eigenvalue weighted by molar-refractivity contribution is 5.92. The van der Waals surface area contributed by atoms with E-state index in [1.807, 2.05) is 25.3 Å². The monoisotopic (exact) mass is 505 g/mol. The predicted molar refractivity (Wildman–Crippen MR) is 141 cm³/mol. The van der Waals surface area contributed by atoms with Gasteiger partial charge in [0.05, 0.1) is 23.6 Å². The molecule has 1 saturated carbocycles. The van der Waals surface area contributed by atoms with Gasteiger partial charge in [0.2, 0.25) is 5.91 Å². The molecule has 2 aliphatic rings. The summed E-state index contributed by atoms with van der Waals surface area (Å²) in [4.78, 5) is 30.7. The number of aryl methyl sites for hydroxylation is 1. The van der Waals surface area contributed by atoms with E-state index in [0.29, 0.717) is 37.0 Å². The number of fused-ring (bicyclic) bond motifs is 1. The first-order chi connectivity index (χ1) is 17.7. The molecule has 3 aromatic heterocycles. The van der Waals surface area contributed by atoms with Crippen LogP contribution in [0, 0.1) is 23.2 Å². The number of amides is 2. The number of carbonyl (C=O) groups is 2. The second kappa shape index (κ2) is 10.3. The van der Waals surface area contributed by atoms with Crippen molar-refractivity contribution >= 4 is 17.5 Å². The fraction of sp³-hybridized carbons (Fsp3) is 0.607. The molecule has 1 aliphatic carbocycles. The molecular formula is C28H39N7O2. The van der Waals surface area contributed by atoms with E-state index in [-0.39, 0.29) is 29.2 Å². The van der Waals surface area contributed by atoms with Gasteiger partial charge < -0.3 is 10.6 Å². The van der Waals surface area contributed by atoms with Crippen LogP contribution in [0.4, 0.5) is 0 Å². The number of aromatic nitrogens is 5. The first-order valence-corrected chi connectivity index (χ1v) is 13.7. The molecular weight excluding hydrogens is 466 g/mol. The summed E-state index contributed by atoms with van der Waals surface area (Å²) in [6.45, 7) is 10.0. The zero-order valence-corrected chi connectivity index (χ0v) is 22.4. The van der Waals surface area contributed by atoms with Gasteiger partial charge in [-0.05, 0) is 61.6 Å². The highest BCUT2D eigenvalue weighted by atomic mass is 16.2. The third kappa shape index (κ3) is 5.55. The second-order valence-electron chi connectivity index (χ2n) is 11.8. The Hall–Kier alpha value is -3.23. The number of imidazole rings is 1. The van der Waals surface area contributed by atoms with Gasteiger partial charge in [-0.25, -0.2) is 9.50 Å². The predicted octanol–water partition coefficient (Wildman–Crippen LogP) is 3.95. The van der Waals surface area contributed by atoms with E-state index in [1.54, 1.807) is 21.5 Å². The SMILES string of the molecule is CCn1nccc1C(=O)N[C@H](c1cn2nc(CC3CC(C)(C)CNC3=O)ccc2n1)C1CCC(C)CC1. The zero-order valence-electron chi connectivity index (χ0n) is 22.4. The molecule has 5 rings (SSSR count). The van der Waals surface area contributed by atoms with Gasteiger partial charge in [-0.15, -0.1) is 0 Å². The molecule has 2 atom stereocenters. The van der Waals surface area contributed by atoms with Crippen molar-refractivity contribution in [2.75, 3.05) is 6.54 Å². The lowest BCUT2D eigenvalue weighted by molar-refractivity contribution is -0.129. The Morgan fingerprint density at radius 1 is 1.22 bits per heavy atom. The highest BCUT2D eigenvalue weighted by Crippen LogP contribution is 2.37. The number of nitrogens with zero attached hydrogens (tertiary/aromatic N) is 5. The van der Waals surface area contributed by atoms with Gasteiger partial charge in [0.15, 0.2) is 5.65 Å². The van der Waals surface area contributed by atoms with Crippen molar-refractivity contribution in [3.63, 3.8) is 0 Å². The topological polar surface area (TPSA) is 106 Å². The number of rotatable bonds is 7. The van der Waals surface area contributed by atoms with E-state index in [9.17, 15) is 9.59 Å². The van der Waals surface area contributed by atoms with Gasteiger partial charge in [0.25, 0.3) is 5.91 Å². The minimum atomic E-state index is -0.199. The summed E-state index contributed by atoms with van der Waals surface area (Å²) in [5, 5.41) is 15.4. The standard InChI is InChI=1S/C28H39N7O2/c1-5-34-23(12-13-30-34)27(37)32-25(19-8-6-18(2)7-9-19)22-16-35-24(31-22)11-10-21(33-35)14-20-15-28(3,4)17-29-26(20)36/h10-13,16,18-20,25H,5-9,14-15,17H2,1-4H3,(H,29,36)(H,32,37)/t18?,19?,20?,25-/m0/s1. The van der Waals surface area contributed by atoms with Crippen molar-refractivity contribution in [1.82, 2.24) is 35.0 Å². The van der Waals surface area contributed by atoms with E-state index in [1.165, 1.54) is 0 Å². The Morgan fingerprint density at radius 2 is 2.00 bits per heavy atom. The summed E-state index contributed by atoms with van der Waals surface area (Å²) >= 11 is 0. The molecule has 1 unspecified atom stereocenters. The third-order valence-electron chi connectivity index (χ3n) is 8.15. The molecule has 2 fully saturated rings. The molecule has 2 N–H and O–H groups in total. The minimum Gasteiger partial charge on any atom is -0.355 e. The van der Waals surface area contributed by atoms with E-state index in [4.69, 9.17) is 10.1 Å². The Labute approximate surface area is 218 Å². The molecule has 9 nitrogen and oxygen atoms in total. The molecule has 4 heterocycles. The largest absolute Gasteiger partial charge is 0.355 e. The van der Waals surface area contributed by atoms with Crippen LogP contribution in [0.3, 0.4) is 0 Å². The maximum Gasteiger partial charge on any atom is 0.270 e. The van der Waals surface area contributed by atoms with Gasteiger partial charge in [-0.3, -0.25) is 14.3 Å². The van der Waals surface area contributed by atoms with Crippen LogP contribution in [0.15, 0.2) is 30.6 Å². The average molecular weight is 506 g/mol. The van der Waals surface area contributed by atoms with Gasteiger partial charge in [0, 0.05) is 31.6 Å². The van der Waals surface area contributed by atoms with Crippen molar-refractivity contribution < 1.29 is 9.59 Å². The molecule has 0 radical (unpaired) electrons. The van der Waals surface area contributed by atoms with Crippen molar-refractivity contribution in [1.29, 1.82) is 0 Å². The van der Waals surface area contributed by atoms with E-state index >= 15 is 0 Å². The Balaban J connectivity index is 1.40. The fourth-order valence-corrected chi connectivity index (χ4v) is 5.96. The van der Waals surface area contributed by atoms with Crippen LogP contribution in [-0.4, -0.2) is 42.7 Å². The van der Waals surface area contributed by atoms with Crippen molar-refractivity contribution in [3.8, 4) is 0 Å². The highest BCUT2D eigenvalue weighted by Gasteiger charge is 2.34. The van der Waals surface area contributed by atoms with Crippen LogP contribution in [0.2, 0.25) is 0 Å². The van der Waals surface area contributed by atoms with Crippen LogP contribution < -0.4 is 10.6 Å². The van der Waals surface area contributed by atoms with E-state index in [0.717, 1.165) is 49.1 Å². The number of carbonyl (C=O) groups excluding carboxylic acids is 2. The van der Waals surface area contributed by atoms with Gasteiger partial charge in [-0.2, -0.15) is 10.2 Å². The molecule has 2 amide bonds. The Bertz CT molecular complexity index is 1270. The maximum atomic E-state index is 13.3. The molecule has 1 saturated heterocycles. The van der Waals surface area contributed by atoms with Crippen LogP contribution in [0.25, 0.3) is 5.65 Å². The second-order valence-corrected chi connectivity index (χ2v) is 11.8. The lowest BCUT2D eigenvalue weighted by Crippen LogP contribution is -2.46. The van der Waals surface area contributed by atoms with Gasteiger partial charge in [0.1, 0.15) is 5.69 Å². The smallest absolute Gasteiger partial charge is 0.270 e. The van der Waals surface area contributed by atoms with Crippen molar-refractivity contribution in [3.05, 3.63) is 47.7 Å². The Kier molecular flexibility index (Phi) is 7.05. The summed E-state index contributed by atoms with van der Waals surface area (Å²) in [6, 6.07) is 5.50. The summed E-state index contributed by atoms with van der Waals surface area (Å²) in [6.07, 6.45) is 9.47. The molecule has 198 valence electrons. The quantitative estimate of drug-likeness (QED) is 0.506. The van der Waals surface area contributed by atoms with Gasteiger partial charge in [-0.1, -0.05) is 33.6 Å². The third-order valence-corrected chi connectivity index (χ3v) is 8.15. The van der Waals surface area contributed by atoms with Crippen LogP contribution in [0.5, 0.6) is 0 Å². The molecule has 0 aromatic carbocycles. The minimum absolute atomic E-state index is 0.0843. The average Bonchev–Trinajstić information content (AvgIpc) is 3.52. The Morgan fingerprint density at radius 3 is 2.76 bits per heavy atom. The molecule has 37 heavy (non-hydrogen) atoms. The van der Waals surface area contributed by atoms with Crippen LogP contribution in [0.1, 0.15) is 87.7 Å². The molecule has 0 bridgehead atoms. The summed E-state index contributed by atoms with van der Waals surface area (Å²) in [5.41, 5.74) is 3.09. The van der Waals surface area contributed by atoms with Crippen molar-refractivity contribution in [2.24, 2.45) is 23.2 Å². The number of piperidine rings is 1. The zero-order chi connectivity index (χ0) is 26.2.